The van der Waals surface area contributed by atoms with Gasteiger partial charge < -0.3 is 10.6 Å². The van der Waals surface area contributed by atoms with Crippen molar-refractivity contribution in [3.8, 4) is 0 Å². The fourth-order valence-corrected chi connectivity index (χ4v) is 3.83. The molecule has 31 heavy (non-hydrogen) atoms. The summed E-state index contributed by atoms with van der Waals surface area (Å²) in [6.07, 6.45) is 4.12. The van der Waals surface area contributed by atoms with E-state index in [9.17, 15) is 19.2 Å². The molecule has 0 aliphatic rings. The summed E-state index contributed by atoms with van der Waals surface area (Å²) in [7, 11) is 0. The number of thiophene rings is 1. The highest BCUT2D eigenvalue weighted by Gasteiger charge is 2.21. The number of carbonyl (C=O) groups is 4. The van der Waals surface area contributed by atoms with E-state index in [-0.39, 0.29) is 29.8 Å². The third-order valence-corrected chi connectivity index (χ3v) is 5.71. The first-order valence-electron chi connectivity index (χ1n) is 10.6. The van der Waals surface area contributed by atoms with Gasteiger partial charge in [-0.15, -0.1) is 0 Å². The average molecular weight is 443 g/mol. The van der Waals surface area contributed by atoms with Crippen molar-refractivity contribution in [2.24, 2.45) is 0 Å². The molecule has 6 nitrogen and oxygen atoms in total. The SMILES string of the molecule is CCC(=O)CCCCCC(NC(=O)Cc1ccsc1)C(=O)Nc1cccc(C(C)=O)c1. The van der Waals surface area contributed by atoms with Crippen molar-refractivity contribution in [1.29, 1.82) is 0 Å². The fourth-order valence-electron chi connectivity index (χ4n) is 3.16. The van der Waals surface area contributed by atoms with Crippen LogP contribution < -0.4 is 10.6 Å². The molecule has 7 heteroatoms. The number of carbonyl (C=O) groups excluding carboxylic acids is 4. The van der Waals surface area contributed by atoms with Gasteiger partial charge in [-0.3, -0.25) is 19.2 Å². The van der Waals surface area contributed by atoms with Crippen LogP contribution in [-0.2, 0) is 20.8 Å². The molecule has 166 valence electrons. The third-order valence-electron chi connectivity index (χ3n) is 4.98. The number of Topliss-reactive ketones (excluding diaryl/α,β-unsaturated/α-hetero) is 2. The third kappa shape index (κ3) is 8.84. The minimum atomic E-state index is -0.686. The lowest BCUT2D eigenvalue weighted by molar-refractivity contribution is -0.126. The zero-order valence-corrected chi connectivity index (χ0v) is 18.9. The van der Waals surface area contributed by atoms with Gasteiger partial charge in [0.2, 0.25) is 11.8 Å². The Kier molecular flexibility index (Phi) is 10.1. The summed E-state index contributed by atoms with van der Waals surface area (Å²) in [5, 5.41) is 9.47. The van der Waals surface area contributed by atoms with Crippen molar-refractivity contribution in [1.82, 2.24) is 5.32 Å². The second-order valence-corrected chi connectivity index (χ2v) is 8.33. The van der Waals surface area contributed by atoms with Gasteiger partial charge in [-0.1, -0.05) is 31.9 Å². The molecule has 0 fully saturated rings. The normalized spacial score (nSPS) is 11.5. The minimum absolute atomic E-state index is 0.0849. The second kappa shape index (κ2) is 12.8. The number of nitrogens with one attached hydrogen (secondary N) is 2. The first-order valence-corrected chi connectivity index (χ1v) is 11.6. The van der Waals surface area contributed by atoms with Gasteiger partial charge in [0.05, 0.1) is 6.42 Å². The average Bonchev–Trinajstić information content (AvgIpc) is 3.25. The van der Waals surface area contributed by atoms with E-state index < -0.39 is 6.04 Å². The quantitative estimate of drug-likeness (QED) is 0.352. The summed E-state index contributed by atoms with van der Waals surface area (Å²) in [4.78, 5) is 48.4. The van der Waals surface area contributed by atoms with E-state index in [1.807, 2.05) is 23.8 Å². The largest absolute Gasteiger partial charge is 0.344 e. The summed E-state index contributed by atoms with van der Waals surface area (Å²) in [5.41, 5.74) is 1.94. The molecule has 0 radical (unpaired) electrons. The molecule has 0 spiro atoms. The minimum Gasteiger partial charge on any atom is -0.344 e. The Hall–Kier alpha value is -2.80. The van der Waals surface area contributed by atoms with E-state index in [1.54, 1.807) is 24.3 Å². The van der Waals surface area contributed by atoms with Crippen LogP contribution in [0, 0.1) is 0 Å². The summed E-state index contributed by atoms with van der Waals surface area (Å²) >= 11 is 1.52. The number of hydrogen-bond acceptors (Lipinski definition) is 5. The Morgan fingerprint density at radius 1 is 1.06 bits per heavy atom. The van der Waals surface area contributed by atoms with Crippen molar-refractivity contribution in [2.75, 3.05) is 5.32 Å². The number of rotatable bonds is 13. The molecule has 0 aliphatic heterocycles. The number of unbranched alkanes of at least 4 members (excludes halogenated alkanes) is 2. The number of ketones is 2. The molecule has 1 aromatic heterocycles. The molecule has 2 rings (SSSR count). The Morgan fingerprint density at radius 3 is 2.55 bits per heavy atom. The molecule has 2 N–H and O–H groups in total. The first kappa shape index (κ1) is 24.5. The molecule has 1 atom stereocenters. The van der Waals surface area contributed by atoms with Gasteiger partial charge >= 0.3 is 0 Å². The monoisotopic (exact) mass is 442 g/mol. The molecule has 0 bridgehead atoms. The summed E-state index contributed by atoms with van der Waals surface area (Å²) in [6.45, 7) is 3.32. The predicted octanol–water partition coefficient (Wildman–Crippen LogP) is 4.55. The van der Waals surface area contributed by atoms with E-state index in [0.717, 1.165) is 24.8 Å². The van der Waals surface area contributed by atoms with Crippen molar-refractivity contribution >= 4 is 40.4 Å². The lowest BCUT2D eigenvalue weighted by Gasteiger charge is -2.19. The van der Waals surface area contributed by atoms with Gasteiger partial charge in [-0.2, -0.15) is 11.3 Å². The fraction of sp³-hybridized carbons (Fsp3) is 0.417. The van der Waals surface area contributed by atoms with Crippen LogP contribution in [0.25, 0.3) is 0 Å². The molecule has 1 aromatic carbocycles. The molecule has 1 unspecified atom stereocenters. The van der Waals surface area contributed by atoms with Crippen LogP contribution in [-0.4, -0.2) is 29.4 Å². The number of anilines is 1. The standard InChI is InChI=1S/C24H30N2O4S/c1-3-21(28)10-5-4-6-11-22(26-23(29)14-18-12-13-31-16-18)24(30)25-20-9-7-8-19(15-20)17(2)27/h7-9,12-13,15-16,22H,3-6,10-11,14H2,1-2H3,(H,25,30)(H,26,29). The molecule has 1 heterocycles. The van der Waals surface area contributed by atoms with Crippen LogP contribution in [0.3, 0.4) is 0 Å². The maximum absolute atomic E-state index is 12.9. The van der Waals surface area contributed by atoms with Crippen molar-refractivity contribution in [2.45, 2.75) is 64.8 Å². The lowest BCUT2D eigenvalue weighted by Crippen LogP contribution is -2.44. The van der Waals surface area contributed by atoms with Gasteiger partial charge in [-0.25, -0.2) is 0 Å². The van der Waals surface area contributed by atoms with Gasteiger partial charge in [0.1, 0.15) is 11.8 Å². The molecule has 0 aliphatic carbocycles. The molecule has 0 saturated carbocycles. The van der Waals surface area contributed by atoms with E-state index in [1.165, 1.54) is 18.3 Å². The Labute approximate surface area is 187 Å². The highest BCUT2D eigenvalue weighted by atomic mass is 32.1. The van der Waals surface area contributed by atoms with Crippen LogP contribution in [0.4, 0.5) is 5.69 Å². The maximum Gasteiger partial charge on any atom is 0.246 e. The Balaban J connectivity index is 1.98. The highest BCUT2D eigenvalue weighted by molar-refractivity contribution is 7.08. The van der Waals surface area contributed by atoms with E-state index in [0.29, 0.717) is 30.5 Å². The molecule has 0 saturated heterocycles. The maximum atomic E-state index is 12.9. The highest BCUT2D eigenvalue weighted by Crippen LogP contribution is 2.14. The van der Waals surface area contributed by atoms with Crippen LogP contribution in [0.1, 0.15) is 68.3 Å². The lowest BCUT2D eigenvalue weighted by atomic mass is 10.0. The van der Waals surface area contributed by atoms with Crippen LogP contribution in [0.2, 0.25) is 0 Å². The van der Waals surface area contributed by atoms with Crippen molar-refractivity contribution < 1.29 is 19.2 Å². The molecular weight excluding hydrogens is 412 g/mol. The number of benzene rings is 1. The molecular formula is C24H30N2O4S. The number of amides is 2. The van der Waals surface area contributed by atoms with E-state index >= 15 is 0 Å². The van der Waals surface area contributed by atoms with E-state index in [4.69, 9.17) is 0 Å². The summed E-state index contributed by atoms with van der Waals surface area (Å²) in [5.74, 6) is -0.372. The summed E-state index contributed by atoms with van der Waals surface area (Å²) < 4.78 is 0. The van der Waals surface area contributed by atoms with Crippen LogP contribution in [0.15, 0.2) is 41.1 Å². The van der Waals surface area contributed by atoms with Gasteiger partial charge in [-0.05, 0) is 54.3 Å². The van der Waals surface area contributed by atoms with Gasteiger partial charge in [0.15, 0.2) is 5.78 Å². The topological polar surface area (TPSA) is 92.3 Å². The predicted molar refractivity (Wildman–Crippen MR) is 123 cm³/mol. The van der Waals surface area contributed by atoms with Gasteiger partial charge in [0, 0.05) is 24.1 Å². The Bertz CT molecular complexity index is 893. The van der Waals surface area contributed by atoms with Crippen molar-refractivity contribution in [3.63, 3.8) is 0 Å². The molecule has 2 amide bonds. The zero-order chi connectivity index (χ0) is 22.6. The number of hydrogen-bond donors (Lipinski definition) is 2. The van der Waals surface area contributed by atoms with E-state index in [2.05, 4.69) is 10.6 Å². The smallest absolute Gasteiger partial charge is 0.246 e. The molecule has 2 aromatic rings. The summed E-state index contributed by atoms with van der Waals surface area (Å²) in [6, 6.07) is 7.94. The Morgan fingerprint density at radius 2 is 1.87 bits per heavy atom. The van der Waals surface area contributed by atoms with Crippen molar-refractivity contribution in [3.05, 3.63) is 52.2 Å². The van der Waals surface area contributed by atoms with Crippen LogP contribution in [0.5, 0.6) is 0 Å². The zero-order valence-electron chi connectivity index (χ0n) is 18.1. The van der Waals surface area contributed by atoms with Crippen LogP contribution >= 0.6 is 11.3 Å². The first-order chi connectivity index (χ1) is 14.9. The van der Waals surface area contributed by atoms with Gasteiger partial charge in [0.25, 0.3) is 0 Å². The second-order valence-electron chi connectivity index (χ2n) is 7.55.